The predicted molar refractivity (Wildman–Crippen MR) is 82.2 cm³/mol. The van der Waals surface area contributed by atoms with Crippen molar-refractivity contribution in [1.82, 2.24) is 9.88 Å². The van der Waals surface area contributed by atoms with Crippen LogP contribution in [0, 0.1) is 5.82 Å². The number of benzene rings is 1. The van der Waals surface area contributed by atoms with Crippen molar-refractivity contribution in [3.8, 4) is 0 Å². The van der Waals surface area contributed by atoms with Gasteiger partial charge in [-0.05, 0) is 43.9 Å². The molecule has 116 valence electrons. The highest BCUT2D eigenvalue weighted by Gasteiger charge is 2.31. The minimum absolute atomic E-state index is 0.132. The van der Waals surface area contributed by atoms with E-state index in [0.29, 0.717) is 17.4 Å². The Morgan fingerprint density at radius 1 is 1.36 bits per heavy atom. The van der Waals surface area contributed by atoms with E-state index in [-0.39, 0.29) is 11.6 Å². The second kappa shape index (κ2) is 5.91. The van der Waals surface area contributed by atoms with E-state index in [1.165, 1.54) is 18.3 Å². The zero-order chi connectivity index (χ0) is 15.7. The number of H-pyrrole nitrogens is 1. The van der Waals surface area contributed by atoms with Gasteiger partial charge >= 0.3 is 0 Å². The molecule has 0 saturated carbocycles. The smallest absolute Gasteiger partial charge is 0.295 e. The lowest BCUT2D eigenvalue weighted by atomic mass is 9.98. The molecule has 1 aromatic heterocycles. The number of carbonyl (C=O) groups excluding carboxylic acids is 2. The maximum absolute atomic E-state index is 13.4. The van der Waals surface area contributed by atoms with Gasteiger partial charge in [-0.1, -0.05) is 6.92 Å². The van der Waals surface area contributed by atoms with E-state index in [1.807, 2.05) is 6.92 Å². The first-order valence-corrected chi connectivity index (χ1v) is 7.73. The molecule has 0 aliphatic carbocycles. The summed E-state index contributed by atoms with van der Waals surface area (Å²) in [6.07, 6.45) is 5.31. The normalized spacial score (nSPS) is 18.6. The van der Waals surface area contributed by atoms with Crippen LogP contribution in [0.1, 0.15) is 43.0 Å². The quantitative estimate of drug-likeness (QED) is 0.699. The first-order valence-electron chi connectivity index (χ1n) is 7.73. The maximum Gasteiger partial charge on any atom is 0.295 e. The molecule has 1 N–H and O–H groups in total. The molecule has 0 radical (unpaired) electrons. The third-order valence-corrected chi connectivity index (χ3v) is 4.44. The minimum Gasteiger partial charge on any atom is -0.360 e. The summed E-state index contributed by atoms with van der Waals surface area (Å²) in [6.45, 7) is 2.65. The third kappa shape index (κ3) is 2.51. The number of nitrogens with one attached hydrogen (secondary N) is 1. The fourth-order valence-corrected chi connectivity index (χ4v) is 3.22. The van der Waals surface area contributed by atoms with Gasteiger partial charge in [-0.15, -0.1) is 0 Å². The van der Waals surface area contributed by atoms with Crippen molar-refractivity contribution < 1.29 is 14.0 Å². The monoisotopic (exact) mass is 302 g/mol. The molecule has 2 heterocycles. The summed E-state index contributed by atoms with van der Waals surface area (Å²) in [4.78, 5) is 29.7. The Balaban J connectivity index is 1.91. The number of rotatable bonds is 3. The van der Waals surface area contributed by atoms with Crippen LogP contribution in [0.2, 0.25) is 0 Å². The summed E-state index contributed by atoms with van der Waals surface area (Å²) in [6, 6.07) is 4.32. The molecule has 22 heavy (non-hydrogen) atoms. The number of nitrogens with zero attached hydrogens (tertiary/aromatic N) is 1. The van der Waals surface area contributed by atoms with Crippen LogP contribution < -0.4 is 0 Å². The molecule has 1 aliphatic heterocycles. The van der Waals surface area contributed by atoms with Crippen molar-refractivity contribution in [3.05, 3.63) is 35.8 Å². The van der Waals surface area contributed by atoms with Gasteiger partial charge in [0.05, 0.1) is 5.56 Å². The van der Waals surface area contributed by atoms with Gasteiger partial charge < -0.3 is 9.88 Å². The average molecular weight is 302 g/mol. The van der Waals surface area contributed by atoms with E-state index < -0.39 is 17.5 Å². The molecule has 4 nitrogen and oxygen atoms in total. The van der Waals surface area contributed by atoms with Gasteiger partial charge in [-0.25, -0.2) is 4.39 Å². The standard InChI is InChI=1S/C17H19FN2O2/c1-2-12-5-3-4-8-20(12)17(22)16(21)14-10-19-15-7-6-11(18)9-13(14)15/h6-7,9-10,12,19H,2-5,8H2,1H3. The Morgan fingerprint density at radius 3 is 2.95 bits per heavy atom. The van der Waals surface area contributed by atoms with Crippen LogP contribution in [0.25, 0.3) is 10.9 Å². The molecule has 1 aromatic carbocycles. The van der Waals surface area contributed by atoms with Crippen LogP contribution in [0.15, 0.2) is 24.4 Å². The van der Waals surface area contributed by atoms with Gasteiger partial charge in [0.1, 0.15) is 5.82 Å². The van der Waals surface area contributed by atoms with Crippen LogP contribution in [0.5, 0.6) is 0 Å². The van der Waals surface area contributed by atoms with Crippen molar-refractivity contribution >= 4 is 22.6 Å². The van der Waals surface area contributed by atoms with E-state index in [1.54, 1.807) is 11.0 Å². The molecular weight excluding hydrogens is 283 g/mol. The van der Waals surface area contributed by atoms with E-state index in [9.17, 15) is 14.0 Å². The topological polar surface area (TPSA) is 53.2 Å². The summed E-state index contributed by atoms with van der Waals surface area (Å²) >= 11 is 0. The van der Waals surface area contributed by atoms with Gasteiger partial charge in [0.15, 0.2) is 0 Å². The van der Waals surface area contributed by atoms with Gasteiger partial charge in [0.25, 0.3) is 11.7 Å². The zero-order valence-electron chi connectivity index (χ0n) is 12.6. The molecule has 3 rings (SSSR count). The number of hydrogen-bond donors (Lipinski definition) is 1. The number of amides is 1. The van der Waals surface area contributed by atoms with Crippen LogP contribution in [0.3, 0.4) is 0 Å². The van der Waals surface area contributed by atoms with E-state index in [4.69, 9.17) is 0 Å². The number of carbonyl (C=O) groups is 2. The van der Waals surface area contributed by atoms with Crippen LogP contribution in [0.4, 0.5) is 4.39 Å². The van der Waals surface area contributed by atoms with Gasteiger partial charge in [-0.2, -0.15) is 0 Å². The number of hydrogen-bond acceptors (Lipinski definition) is 2. The zero-order valence-corrected chi connectivity index (χ0v) is 12.6. The largest absolute Gasteiger partial charge is 0.360 e. The highest BCUT2D eigenvalue weighted by molar-refractivity contribution is 6.44. The third-order valence-electron chi connectivity index (χ3n) is 4.44. The molecule has 0 bridgehead atoms. The lowest BCUT2D eigenvalue weighted by Crippen LogP contribution is -2.46. The molecule has 1 aliphatic rings. The number of Topliss-reactive ketones (excluding diaryl/α,β-unsaturated/α-hetero) is 1. The van der Waals surface area contributed by atoms with Crippen molar-refractivity contribution in [2.75, 3.05) is 6.54 Å². The molecule has 1 saturated heterocycles. The summed E-state index contributed by atoms with van der Waals surface area (Å²) in [5.41, 5.74) is 0.906. The molecular formula is C17H19FN2O2. The number of piperidine rings is 1. The van der Waals surface area contributed by atoms with E-state index >= 15 is 0 Å². The molecule has 1 fully saturated rings. The summed E-state index contributed by atoms with van der Waals surface area (Å²) in [5, 5.41) is 0.461. The van der Waals surface area contributed by atoms with E-state index in [2.05, 4.69) is 4.98 Å². The average Bonchev–Trinajstić information content (AvgIpc) is 2.96. The second-order valence-electron chi connectivity index (χ2n) is 5.78. The molecule has 5 heteroatoms. The highest BCUT2D eigenvalue weighted by atomic mass is 19.1. The number of halogens is 1. The van der Waals surface area contributed by atoms with Gasteiger partial charge in [-0.3, -0.25) is 9.59 Å². The molecule has 2 aromatic rings. The van der Waals surface area contributed by atoms with Crippen LogP contribution in [-0.4, -0.2) is 34.2 Å². The Bertz CT molecular complexity index is 723. The van der Waals surface area contributed by atoms with Crippen molar-refractivity contribution in [1.29, 1.82) is 0 Å². The number of aromatic nitrogens is 1. The fraction of sp³-hybridized carbons (Fsp3) is 0.412. The second-order valence-corrected chi connectivity index (χ2v) is 5.78. The Labute approximate surface area is 128 Å². The van der Waals surface area contributed by atoms with E-state index in [0.717, 1.165) is 25.7 Å². The minimum atomic E-state index is -0.558. The van der Waals surface area contributed by atoms with Crippen molar-refractivity contribution in [2.45, 2.75) is 38.6 Å². The fourth-order valence-electron chi connectivity index (χ4n) is 3.22. The maximum atomic E-state index is 13.4. The van der Waals surface area contributed by atoms with Gasteiger partial charge in [0.2, 0.25) is 0 Å². The molecule has 1 atom stereocenters. The highest BCUT2D eigenvalue weighted by Crippen LogP contribution is 2.24. The summed E-state index contributed by atoms with van der Waals surface area (Å²) in [5.74, 6) is -1.45. The lowest BCUT2D eigenvalue weighted by Gasteiger charge is -2.34. The SMILES string of the molecule is CCC1CCCCN1C(=O)C(=O)c1c[nH]c2ccc(F)cc12. The Morgan fingerprint density at radius 2 is 2.18 bits per heavy atom. The lowest BCUT2D eigenvalue weighted by molar-refractivity contribution is -0.130. The summed E-state index contributed by atoms with van der Waals surface area (Å²) in [7, 11) is 0. The van der Waals surface area contributed by atoms with Gasteiger partial charge in [0, 0.05) is 29.7 Å². The first-order chi connectivity index (χ1) is 10.6. The molecule has 1 amide bonds. The van der Waals surface area contributed by atoms with Crippen LogP contribution in [-0.2, 0) is 4.79 Å². The number of fused-ring (bicyclic) bond motifs is 1. The Kier molecular flexibility index (Phi) is 3.96. The number of aromatic amines is 1. The first kappa shape index (κ1) is 14.8. The summed E-state index contributed by atoms with van der Waals surface area (Å²) < 4.78 is 13.4. The van der Waals surface area contributed by atoms with Crippen molar-refractivity contribution in [2.24, 2.45) is 0 Å². The molecule has 0 spiro atoms. The number of likely N-dealkylation sites (tertiary alicyclic amines) is 1. The number of ketones is 1. The van der Waals surface area contributed by atoms with Crippen molar-refractivity contribution in [3.63, 3.8) is 0 Å². The Hall–Kier alpha value is -2.17. The van der Waals surface area contributed by atoms with Crippen LogP contribution >= 0.6 is 0 Å². The molecule has 1 unspecified atom stereocenters. The predicted octanol–water partition coefficient (Wildman–Crippen LogP) is 3.28.